The predicted octanol–water partition coefficient (Wildman–Crippen LogP) is 2.44. The number of carboxylic acid groups (broad SMARTS) is 1. The number of aromatic carboxylic acids is 1. The van der Waals surface area contributed by atoms with Crippen molar-refractivity contribution in [2.24, 2.45) is 5.92 Å². The van der Waals surface area contributed by atoms with Gasteiger partial charge in [0.15, 0.2) is 0 Å². The summed E-state index contributed by atoms with van der Waals surface area (Å²) in [6, 6.07) is 5.25. The van der Waals surface area contributed by atoms with Crippen molar-refractivity contribution >= 4 is 11.7 Å². The van der Waals surface area contributed by atoms with E-state index in [9.17, 15) is 9.90 Å². The molecule has 0 aliphatic rings. The molecule has 0 bridgehead atoms. The van der Waals surface area contributed by atoms with Gasteiger partial charge in [0, 0.05) is 12.2 Å². The van der Waals surface area contributed by atoms with Crippen LogP contribution >= 0.6 is 0 Å². The first-order valence-electron chi connectivity index (χ1n) is 6.21. The molecule has 100 valence electrons. The molecule has 0 fully saturated rings. The fourth-order valence-corrected chi connectivity index (χ4v) is 1.86. The highest BCUT2D eigenvalue weighted by Crippen LogP contribution is 2.18. The summed E-state index contributed by atoms with van der Waals surface area (Å²) < 4.78 is 0. The van der Waals surface area contributed by atoms with Crippen LogP contribution in [-0.4, -0.2) is 29.6 Å². The third-order valence-corrected chi connectivity index (χ3v) is 2.93. The summed E-state index contributed by atoms with van der Waals surface area (Å²) in [5.41, 5.74) is 7.05. The number of hydrogen-bond donors (Lipinski definition) is 2. The molecule has 3 N–H and O–H groups in total. The van der Waals surface area contributed by atoms with Gasteiger partial charge in [0.2, 0.25) is 0 Å². The number of anilines is 1. The predicted molar refractivity (Wildman–Crippen MR) is 73.6 cm³/mol. The second-order valence-electron chi connectivity index (χ2n) is 5.11. The molecule has 0 saturated heterocycles. The fraction of sp³-hybridized carbons (Fsp3) is 0.500. The van der Waals surface area contributed by atoms with E-state index in [1.165, 1.54) is 0 Å². The molecule has 0 radical (unpaired) electrons. The average Bonchev–Trinajstić information content (AvgIpc) is 2.26. The number of rotatable bonds is 6. The maximum absolute atomic E-state index is 11.2. The molecule has 1 aromatic rings. The lowest BCUT2D eigenvalue weighted by atomic mass is 10.0. The van der Waals surface area contributed by atoms with E-state index in [0.717, 1.165) is 18.5 Å². The second-order valence-corrected chi connectivity index (χ2v) is 5.11. The van der Waals surface area contributed by atoms with Gasteiger partial charge in [-0.3, -0.25) is 0 Å². The zero-order valence-electron chi connectivity index (χ0n) is 11.3. The van der Waals surface area contributed by atoms with Gasteiger partial charge in [-0.25, -0.2) is 4.79 Å². The van der Waals surface area contributed by atoms with Gasteiger partial charge in [-0.05, 0) is 37.6 Å². The molecule has 1 aromatic carbocycles. The lowest BCUT2D eigenvalue weighted by Gasteiger charge is -2.19. The van der Waals surface area contributed by atoms with Crippen LogP contribution in [0.1, 0.15) is 36.2 Å². The van der Waals surface area contributed by atoms with Crippen LogP contribution in [0.3, 0.4) is 0 Å². The smallest absolute Gasteiger partial charge is 0.338 e. The van der Waals surface area contributed by atoms with Crippen LogP contribution in [0.4, 0.5) is 5.69 Å². The lowest BCUT2D eigenvalue weighted by molar-refractivity contribution is 0.0696. The Hall–Kier alpha value is -1.55. The molecule has 0 aliphatic carbocycles. The van der Waals surface area contributed by atoms with Crippen LogP contribution in [0.5, 0.6) is 0 Å². The molecule has 0 amide bonds. The molecule has 4 nitrogen and oxygen atoms in total. The summed E-state index contributed by atoms with van der Waals surface area (Å²) in [4.78, 5) is 13.3. The van der Waals surface area contributed by atoms with E-state index >= 15 is 0 Å². The van der Waals surface area contributed by atoms with Crippen LogP contribution in [0.2, 0.25) is 0 Å². The van der Waals surface area contributed by atoms with Crippen molar-refractivity contribution in [1.82, 2.24) is 4.90 Å². The zero-order chi connectivity index (χ0) is 13.7. The molecule has 0 heterocycles. The minimum atomic E-state index is -0.958. The number of nitrogens with zero attached hydrogens (tertiary/aromatic N) is 1. The quantitative estimate of drug-likeness (QED) is 0.761. The van der Waals surface area contributed by atoms with Gasteiger partial charge < -0.3 is 15.7 Å². The number of nitrogens with two attached hydrogens (primary N) is 1. The summed E-state index contributed by atoms with van der Waals surface area (Å²) in [5, 5.41) is 9.18. The molecule has 0 atom stereocenters. The Morgan fingerprint density at radius 2 is 2.11 bits per heavy atom. The molecule has 4 heteroatoms. The van der Waals surface area contributed by atoms with Crippen LogP contribution in [0.15, 0.2) is 18.2 Å². The van der Waals surface area contributed by atoms with E-state index in [0.29, 0.717) is 18.2 Å². The molecule has 0 aliphatic heterocycles. The lowest BCUT2D eigenvalue weighted by Crippen LogP contribution is -2.22. The molecule has 0 aromatic heterocycles. The highest BCUT2D eigenvalue weighted by molar-refractivity contribution is 5.95. The topological polar surface area (TPSA) is 66.6 Å². The highest BCUT2D eigenvalue weighted by Gasteiger charge is 2.14. The normalized spacial score (nSPS) is 11.2. The number of carboxylic acids is 1. The first kappa shape index (κ1) is 14.5. The Bertz CT molecular complexity index is 416. The molecule has 0 spiro atoms. The van der Waals surface area contributed by atoms with E-state index in [1.54, 1.807) is 12.1 Å². The van der Waals surface area contributed by atoms with Crippen molar-refractivity contribution in [3.63, 3.8) is 0 Å². The molecular weight excluding hydrogens is 228 g/mol. The van der Waals surface area contributed by atoms with Crippen LogP contribution in [0.25, 0.3) is 0 Å². The van der Waals surface area contributed by atoms with E-state index in [1.807, 2.05) is 13.1 Å². The molecule has 18 heavy (non-hydrogen) atoms. The van der Waals surface area contributed by atoms with Crippen molar-refractivity contribution in [2.75, 3.05) is 19.3 Å². The zero-order valence-corrected chi connectivity index (χ0v) is 11.3. The Morgan fingerprint density at radius 1 is 1.44 bits per heavy atom. The molecular formula is C14H22N2O2. The maximum Gasteiger partial charge on any atom is 0.338 e. The van der Waals surface area contributed by atoms with Crippen molar-refractivity contribution in [2.45, 2.75) is 26.8 Å². The monoisotopic (exact) mass is 250 g/mol. The van der Waals surface area contributed by atoms with Crippen molar-refractivity contribution in [3.8, 4) is 0 Å². The van der Waals surface area contributed by atoms with Crippen LogP contribution < -0.4 is 5.73 Å². The maximum atomic E-state index is 11.2. The molecule has 0 saturated carbocycles. The van der Waals surface area contributed by atoms with Crippen molar-refractivity contribution < 1.29 is 9.90 Å². The third-order valence-electron chi connectivity index (χ3n) is 2.93. The highest BCUT2D eigenvalue weighted by atomic mass is 16.4. The Kier molecular flexibility index (Phi) is 5.16. The second kappa shape index (κ2) is 6.40. The van der Waals surface area contributed by atoms with Gasteiger partial charge in [0.05, 0.1) is 5.56 Å². The van der Waals surface area contributed by atoms with Gasteiger partial charge in [0.25, 0.3) is 0 Å². The van der Waals surface area contributed by atoms with E-state index in [2.05, 4.69) is 18.7 Å². The largest absolute Gasteiger partial charge is 0.478 e. The number of hydrogen-bond acceptors (Lipinski definition) is 3. The Labute approximate surface area is 108 Å². The first-order valence-corrected chi connectivity index (χ1v) is 6.21. The summed E-state index contributed by atoms with van der Waals surface area (Å²) in [6.07, 6.45) is 1.10. The average molecular weight is 250 g/mol. The Balaban J connectivity index is 2.78. The standard InChI is InChI=1S/C14H22N2O2/c1-10(2)7-8-16(3)9-11-5-4-6-12(15)13(11)14(17)18/h4-6,10H,7-9,15H2,1-3H3,(H,17,18). The summed E-state index contributed by atoms with van der Waals surface area (Å²) in [7, 11) is 2.00. The van der Waals surface area contributed by atoms with Crippen LogP contribution in [-0.2, 0) is 6.54 Å². The number of benzene rings is 1. The van der Waals surface area contributed by atoms with Gasteiger partial charge >= 0.3 is 5.97 Å². The minimum Gasteiger partial charge on any atom is -0.478 e. The van der Waals surface area contributed by atoms with Gasteiger partial charge in [-0.1, -0.05) is 26.0 Å². The summed E-state index contributed by atoms with van der Waals surface area (Å²) >= 11 is 0. The van der Waals surface area contributed by atoms with Gasteiger partial charge in [-0.2, -0.15) is 0 Å². The number of carbonyl (C=O) groups is 1. The Morgan fingerprint density at radius 3 is 2.67 bits per heavy atom. The minimum absolute atomic E-state index is 0.230. The summed E-state index contributed by atoms with van der Waals surface area (Å²) in [6.45, 7) is 5.92. The SMILES string of the molecule is CC(C)CCN(C)Cc1cccc(N)c1C(=O)O. The first-order chi connectivity index (χ1) is 8.41. The molecule has 1 rings (SSSR count). The van der Waals surface area contributed by atoms with Gasteiger partial charge in [0.1, 0.15) is 0 Å². The van der Waals surface area contributed by atoms with Gasteiger partial charge in [-0.15, -0.1) is 0 Å². The van der Waals surface area contributed by atoms with E-state index < -0.39 is 5.97 Å². The fourth-order valence-electron chi connectivity index (χ4n) is 1.86. The van der Waals surface area contributed by atoms with E-state index in [4.69, 9.17) is 5.73 Å². The molecule has 0 unspecified atom stereocenters. The third kappa shape index (κ3) is 4.04. The van der Waals surface area contributed by atoms with E-state index in [-0.39, 0.29) is 5.56 Å². The van der Waals surface area contributed by atoms with Crippen molar-refractivity contribution in [1.29, 1.82) is 0 Å². The summed E-state index contributed by atoms with van der Waals surface area (Å²) in [5.74, 6) is -0.312. The van der Waals surface area contributed by atoms with Crippen molar-refractivity contribution in [3.05, 3.63) is 29.3 Å². The number of nitrogen functional groups attached to an aromatic ring is 1. The van der Waals surface area contributed by atoms with Crippen LogP contribution in [0, 0.1) is 5.92 Å².